The van der Waals surface area contributed by atoms with Crippen molar-refractivity contribution in [3.8, 4) is 0 Å². The molecule has 1 heterocycles. The van der Waals surface area contributed by atoms with Crippen molar-refractivity contribution in [1.29, 1.82) is 0 Å². The molecular weight excluding hydrogens is 232 g/mol. The second-order valence-electron chi connectivity index (χ2n) is 7.76. The van der Waals surface area contributed by atoms with Crippen molar-refractivity contribution in [1.82, 2.24) is 10.2 Å². The number of nitrogens with zero attached hydrogens (tertiary/aromatic N) is 1. The van der Waals surface area contributed by atoms with Gasteiger partial charge in [0.1, 0.15) is 0 Å². The van der Waals surface area contributed by atoms with Gasteiger partial charge in [-0.1, -0.05) is 20.3 Å². The maximum Gasteiger partial charge on any atom is 0.0200 e. The van der Waals surface area contributed by atoms with E-state index in [0.717, 1.165) is 35.9 Å². The van der Waals surface area contributed by atoms with Gasteiger partial charge in [-0.2, -0.15) is 0 Å². The lowest BCUT2D eigenvalue weighted by atomic mass is 9.77. The highest BCUT2D eigenvalue weighted by atomic mass is 15.2. The number of hydrogen-bond acceptors (Lipinski definition) is 2. The average molecular weight is 264 g/mol. The Kier molecular flexibility index (Phi) is 4.19. The van der Waals surface area contributed by atoms with Gasteiger partial charge in [0.2, 0.25) is 0 Å². The molecule has 0 bridgehead atoms. The lowest BCUT2D eigenvalue weighted by Crippen LogP contribution is -2.55. The Balaban J connectivity index is 1.60. The molecule has 110 valence electrons. The van der Waals surface area contributed by atoms with Crippen LogP contribution in [0.25, 0.3) is 0 Å². The number of hydrogen-bond donors (Lipinski definition) is 1. The molecule has 3 atom stereocenters. The quantitative estimate of drug-likeness (QED) is 0.820. The average Bonchev–Trinajstić information content (AvgIpc) is 3.10. The number of likely N-dealkylation sites (tertiary alicyclic amines) is 1. The lowest BCUT2D eigenvalue weighted by molar-refractivity contribution is 0.0394. The molecule has 2 saturated carbocycles. The first kappa shape index (κ1) is 13.9. The minimum absolute atomic E-state index is 0.760. The Morgan fingerprint density at radius 1 is 0.895 bits per heavy atom. The molecule has 0 spiro atoms. The monoisotopic (exact) mass is 264 g/mol. The van der Waals surface area contributed by atoms with Crippen LogP contribution in [0.2, 0.25) is 0 Å². The molecule has 0 amide bonds. The van der Waals surface area contributed by atoms with Crippen LogP contribution in [0.1, 0.15) is 59.3 Å². The van der Waals surface area contributed by atoms with Crippen LogP contribution in [0.3, 0.4) is 0 Å². The van der Waals surface area contributed by atoms with Crippen molar-refractivity contribution in [3.05, 3.63) is 0 Å². The van der Waals surface area contributed by atoms with Gasteiger partial charge in [0, 0.05) is 31.2 Å². The van der Waals surface area contributed by atoms with E-state index in [-0.39, 0.29) is 0 Å². The summed E-state index contributed by atoms with van der Waals surface area (Å²) in [5, 5.41) is 3.90. The van der Waals surface area contributed by atoms with E-state index in [0.29, 0.717) is 0 Å². The molecule has 3 rings (SSSR count). The molecule has 0 aromatic heterocycles. The van der Waals surface area contributed by atoms with Gasteiger partial charge in [0.05, 0.1) is 0 Å². The molecule has 2 heteroatoms. The van der Waals surface area contributed by atoms with E-state index >= 15 is 0 Å². The molecule has 3 fully saturated rings. The Bertz CT molecular complexity index is 294. The fourth-order valence-corrected chi connectivity index (χ4v) is 3.91. The number of piperidine rings is 1. The topological polar surface area (TPSA) is 15.3 Å². The summed E-state index contributed by atoms with van der Waals surface area (Å²) < 4.78 is 0. The van der Waals surface area contributed by atoms with Gasteiger partial charge in [-0.25, -0.2) is 0 Å². The third-order valence-corrected chi connectivity index (χ3v) is 5.91. The second kappa shape index (κ2) is 5.73. The van der Waals surface area contributed by atoms with Gasteiger partial charge in [-0.15, -0.1) is 0 Å². The fourth-order valence-electron chi connectivity index (χ4n) is 3.91. The molecule has 0 radical (unpaired) electrons. The molecule has 2 nitrogen and oxygen atoms in total. The first-order chi connectivity index (χ1) is 9.13. The largest absolute Gasteiger partial charge is 0.310 e. The minimum atomic E-state index is 0.760. The lowest BCUT2D eigenvalue weighted by Gasteiger charge is -2.46. The minimum Gasteiger partial charge on any atom is -0.310 e. The predicted molar refractivity (Wildman–Crippen MR) is 81.3 cm³/mol. The van der Waals surface area contributed by atoms with Crippen LogP contribution in [-0.4, -0.2) is 36.1 Å². The van der Waals surface area contributed by atoms with E-state index in [1.54, 1.807) is 0 Å². The van der Waals surface area contributed by atoms with Crippen molar-refractivity contribution in [2.24, 2.45) is 17.8 Å². The molecule has 1 N–H and O–H groups in total. The smallest absolute Gasteiger partial charge is 0.0200 e. The van der Waals surface area contributed by atoms with E-state index in [9.17, 15) is 0 Å². The summed E-state index contributed by atoms with van der Waals surface area (Å²) in [6, 6.07) is 2.44. The van der Waals surface area contributed by atoms with Crippen LogP contribution >= 0.6 is 0 Å². The van der Waals surface area contributed by atoms with E-state index in [1.807, 2.05) is 0 Å². The van der Waals surface area contributed by atoms with Crippen LogP contribution in [0.4, 0.5) is 0 Å². The standard InChI is InChI=1S/C17H32N2/c1-12(2)15-9-17(18-16-7-8-16)11-19(10-15)13(3)14-5-4-6-14/h12-18H,4-11H2,1-3H3. The highest BCUT2D eigenvalue weighted by molar-refractivity contribution is 4.93. The van der Waals surface area contributed by atoms with Crippen molar-refractivity contribution in [2.45, 2.75) is 77.4 Å². The molecule has 19 heavy (non-hydrogen) atoms. The summed E-state index contributed by atoms with van der Waals surface area (Å²) in [5.41, 5.74) is 0. The molecular formula is C17H32N2. The molecule has 1 saturated heterocycles. The first-order valence-corrected chi connectivity index (χ1v) is 8.63. The van der Waals surface area contributed by atoms with E-state index < -0.39 is 0 Å². The van der Waals surface area contributed by atoms with Crippen LogP contribution in [0.15, 0.2) is 0 Å². The zero-order valence-corrected chi connectivity index (χ0v) is 13.1. The number of nitrogens with one attached hydrogen (secondary N) is 1. The third-order valence-electron chi connectivity index (χ3n) is 5.91. The highest BCUT2D eigenvalue weighted by Gasteiger charge is 2.37. The summed E-state index contributed by atoms with van der Waals surface area (Å²) in [5.74, 6) is 2.72. The van der Waals surface area contributed by atoms with Crippen LogP contribution in [0.5, 0.6) is 0 Å². The molecule has 3 aliphatic rings. The maximum absolute atomic E-state index is 3.90. The third kappa shape index (κ3) is 3.33. The van der Waals surface area contributed by atoms with Gasteiger partial charge in [-0.3, -0.25) is 4.90 Å². The number of rotatable bonds is 5. The zero-order valence-electron chi connectivity index (χ0n) is 13.1. The summed E-state index contributed by atoms with van der Waals surface area (Å²) in [6.07, 6.45) is 8.67. The first-order valence-electron chi connectivity index (χ1n) is 8.63. The van der Waals surface area contributed by atoms with Crippen LogP contribution in [-0.2, 0) is 0 Å². The van der Waals surface area contributed by atoms with E-state index in [4.69, 9.17) is 0 Å². The second-order valence-corrected chi connectivity index (χ2v) is 7.76. The highest BCUT2D eigenvalue weighted by Crippen LogP contribution is 2.35. The molecule has 2 aliphatic carbocycles. The maximum atomic E-state index is 3.90. The predicted octanol–water partition coefficient (Wildman–Crippen LogP) is 3.27. The van der Waals surface area contributed by atoms with Crippen molar-refractivity contribution in [3.63, 3.8) is 0 Å². The summed E-state index contributed by atoms with van der Waals surface area (Å²) >= 11 is 0. The Morgan fingerprint density at radius 2 is 1.63 bits per heavy atom. The van der Waals surface area contributed by atoms with Crippen molar-refractivity contribution >= 4 is 0 Å². The summed E-state index contributed by atoms with van der Waals surface area (Å²) in [6.45, 7) is 9.96. The van der Waals surface area contributed by atoms with Gasteiger partial charge in [0.25, 0.3) is 0 Å². The normalized spacial score (nSPS) is 35.4. The van der Waals surface area contributed by atoms with Gasteiger partial charge in [0.15, 0.2) is 0 Å². The molecule has 1 aliphatic heterocycles. The van der Waals surface area contributed by atoms with Crippen LogP contribution in [0, 0.1) is 17.8 Å². The SMILES string of the molecule is CC(C)C1CC(NC2CC2)CN(C(C)C2CCC2)C1. The summed E-state index contributed by atoms with van der Waals surface area (Å²) in [7, 11) is 0. The Hall–Kier alpha value is -0.0800. The van der Waals surface area contributed by atoms with Crippen molar-refractivity contribution in [2.75, 3.05) is 13.1 Å². The van der Waals surface area contributed by atoms with E-state index in [2.05, 4.69) is 31.0 Å². The molecule has 0 aromatic rings. The zero-order chi connectivity index (χ0) is 13.4. The van der Waals surface area contributed by atoms with Gasteiger partial charge >= 0.3 is 0 Å². The van der Waals surface area contributed by atoms with E-state index in [1.165, 1.54) is 51.6 Å². The van der Waals surface area contributed by atoms with Gasteiger partial charge in [-0.05, 0) is 56.8 Å². The molecule has 3 unspecified atom stereocenters. The fraction of sp³-hybridized carbons (Fsp3) is 1.00. The molecule has 0 aromatic carbocycles. The Morgan fingerprint density at radius 3 is 2.16 bits per heavy atom. The van der Waals surface area contributed by atoms with Crippen molar-refractivity contribution < 1.29 is 0 Å². The summed E-state index contributed by atoms with van der Waals surface area (Å²) in [4.78, 5) is 2.82. The van der Waals surface area contributed by atoms with Crippen LogP contribution < -0.4 is 5.32 Å². The van der Waals surface area contributed by atoms with Gasteiger partial charge < -0.3 is 5.32 Å². The Labute approximate surface area is 119 Å².